The quantitative estimate of drug-likeness (QED) is 0.352. The summed E-state index contributed by atoms with van der Waals surface area (Å²) in [4.78, 5) is 4.51. The Hall–Kier alpha value is -3.33. The van der Waals surface area contributed by atoms with Gasteiger partial charge in [0.15, 0.2) is 5.60 Å². The van der Waals surface area contributed by atoms with Crippen molar-refractivity contribution < 1.29 is 22.7 Å². The fourth-order valence-corrected chi connectivity index (χ4v) is 6.47. The number of benzene rings is 1. The van der Waals surface area contributed by atoms with E-state index in [4.69, 9.17) is 0 Å². The van der Waals surface area contributed by atoms with Crippen LogP contribution in [-0.2, 0) is 18.3 Å². The lowest BCUT2D eigenvalue weighted by atomic mass is 9.56. The van der Waals surface area contributed by atoms with Crippen molar-refractivity contribution in [2.45, 2.75) is 62.1 Å². The van der Waals surface area contributed by atoms with Crippen molar-refractivity contribution in [2.75, 3.05) is 0 Å². The van der Waals surface area contributed by atoms with E-state index in [2.05, 4.69) is 15.3 Å². The molecule has 1 fully saturated rings. The van der Waals surface area contributed by atoms with Crippen LogP contribution in [0.4, 0.5) is 17.6 Å². The van der Waals surface area contributed by atoms with Crippen molar-refractivity contribution in [1.82, 2.24) is 19.8 Å². The molecule has 0 saturated heterocycles. The molecule has 0 amide bonds. The Kier molecular flexibility index (Phi) is 5.60. The lowest BCUT2D eigenvalue weighted by Crippen LogP contribution is -2.55. The van der Waals surface area contributed by atoms with Gasteiger partial charge in [-0.1, -0.05) is 11.3 Å². The molecule has 0 radical (unpaired) electrons. The van der Waals surface area contributed by atoms with Gasteiger partial charge in [-0.25, -0.2) is 8.91 Å². The van der Waals surface area contributed by atoms with Gasteiger partial charge in [0.05, 0.1) is 5.52 Å². The van der Waals surface area contributed by atoms with E-state index < -0.39 is 17.2 Å². The van der Waals surface area contributed by atoms with Crippen molar-refractivity contribution >= 4 is 5.52 Å². The van der Waals surface area contributed by atoms with Crippen LogP contribution in [-0.4, -0.2) is 36.7 Å². The predicted octanol–water partition coefficient (Wildman–Crippen LogP) is 5.84. The molecule has 3 aromatic heterocycles. The largest absolute Gasteiger partial charge is 0.417 e. The molecule has 4 aromatic rings. The van der Waals surface area contributed by atoms with Gasteiger partial charge in [0.2, 0.25) is 0 Å². The average molecular weight is 511 g/mol. The fraction of sp³-hybridized carbons (Fsp3) is 0.393. The molecule has 2 aliphatic carbocycles. The molecule has 1 N–H and O–H groups in total. The van der Waals surface area contributed by atoms with E-state index in [9.17, 15) is 22.7 Å². The highest BCUT2D eigenvalue weighted by Gasteiger charge is 2.61. The number of fused-ring (bicyclic) bond motifs is 4. The number of pyridine rings is 2. The van der Waals surface area contributed by atoms with Crippen molar-refractivity contribution in [2.24, 2.45) is 5.92 Å². The third-order valence-electron chi connectivity index (χ3n) is 8.39. The van der Waals surface area contributed by atoms with Crippen LogP contribution >= 0.6 is 0 Å². The predicted molar refractivity (Wildman–Crippen MR) is 129 cm³/mol. The number of hydrogen-bond acceptors (Lipinski definition) is 4. The van der Waals surface area contributed by atoms with Gasteiger partial charge in [0.25, 0.3) is 0 Å². The molecule has 2 aliphatic rings. The number of aromatic nitrogens is 4. The minimum absolute atomic E-state index is 0.183. The smallest absolute Gasteiger partial charge is 0.380 e. The summed E-state index contributed by atoms with van der Waals surface area (Å²) in [6, 6.07) is 13.7. The highest BCUT2D eigenvalue weighted by molar-refractivity contribution is 5.77. The Labute approximate surface area is 211 Å². The number of hydrogen-bond donors (Lipinski definition) is 1. The lowest BCUT2D eigenvalue weighted by molar-refractivity contribution is -0.279. The molecular weight excluding hydrogens is 484 g/mol. The molecule has 1 saturated carbocycles. The van der Waals surface area contributed by atoms with Gasteiger partial charge in [-0.2, -0.15) is 13.2 Å². The molecule has 6 rings (SSSR count). The summed E-state index contributed by atoms with van der Waals surface area (Å²) < 4.78 is 56.9. The topological polar surface area (TPSA) is 63.3 Å². The third kappa shape index (κ3) is 4.00. The Morgan fingerprint density at radius 3 is 2.62 bits per heavy atom. The molecule has 3 heterocycles. The molecule has 0 aliphatic heterocycles. The standard InChI is InChI=1S/C28H26F4N4O/c29-21-9-7-18(8-10-21)25-24-14-19-4-3-5-20-15-27(37,28(30,31)32)12-11-26(20,16-22-6-1-2-13-33-22)23(19)17-36(24)35-34-25/h1-2,6-10,13-14,17,20,37H,3-5,11-12,15-16H2/t20-,26+,27-/m1/s1. The molecule has 9 heteroatoms. The summed E-state index contributed by atoms with van der Waals surface area (Å²) in [7, 11) is 0. The number of aliphatic hydroxyl groups is 1. The Morgan fingerprint density at radius 1 is 1.08 bits per heavy atom. The maximum absolute atomic E-state index is 13.9. The zero-order valence-electron chi connectivity index (χ0n) is 20.0. The van der Waals surface area contributed by atoms with E-state index in [1.165, 1.54) is 12.1 Å². The SMILES string of the molecule is O[C@]1(C(F)(F)F)CC[C@@]2(Cc3ccccn3)c3cn4nnc(-c5ccc(F)cc5)c4cc3CCC[C@@H]2C1. The van der Waals surface area contributed by atoms with E-state index in [-0.39, 0.29) is 31.0 Å². The third-order valence-corrected chi connectivity index (χ3v) is 8.39. The Balaban J connectivity index is 1.50. The van der Waals surface area contributed by atoms with Gasteiger partial charge in [-0.3, -0.25) is 4.98 Å². The van der Waals surface area contributed by atoms with Gasteiger partial charge in [-0.15, -0.1) is 5.10 Å². The first-order valence-electron chi connectivity index (χ1n) is 12.5. The summed E-state index contributed by atoms with van der Waals surface area (Å²) in [5.74, 6) is -0.721. The first kappa shape index (κ1) is 24.0. The summed E-state index contributed by atoms with van der Waals surface area (Å²) in [6.45, 7) is 0. The van der Waals surface area contributed by atoms with Crippen molar-refractivity contribution in [1.29, 1.82) is 0 Å². The Morgan fingerprint density at radius 2 is 1.89 bits per heavy atom. The molecular formula is C28H26F4N4O. The zero-order valence-corrected chi connectivity index (χ0v) is 20.0. The van der Waals surface area contributed by atoms with Crippen LogP contribution in [0.1, 0.15) is 48.9 Å². The van der Waals surface area contributed by atoms with Crippen LogP contribution in [0.15, 0.2) is 60.9 Å². The summed E-state index contributed by atoms with van der Waals surface area (Å²) in [6.07, 6.45) is 0.864. The van der Waals surface area contributed by atoms with E-state index >= 15 is 0 Å². The van der Waals surface area contributed by atoms with Gasteiger partial charge in [0.1, 0.15) is 11.5 Å². The van der Waals surface area contributed by atoms with Crippen LogP contribution in [0.25, 0.3) is 16.8 Å². The van der Waals surface area contributed by atoms with Crippen LogP contribution in [0, 0.1) is 11.7 Å². The molecule has 3 atom stereocenters. The second-order valence-corrected chi connectivity index (χ2v) is 10.5. The average Bonchev–Trinajstić information content (AvgIpc) is 3.22. The van der Waals surface area contributed by atoms with Gasteiger partial charge >= 0.3 is 6.18 Å². The van der Waals surface area contributed by atoms with E-state index in [1.807, 2.05) is 30.5 Å². The minimum atomic E-state index is -4.68. The zero-order chi connectivity index (χ0) is 25.8. The minimum Gasteiger partial charge on any atom is -0.380 e. The number of halogens is 4. The van der Waals surface area contributed by atoms with Gasteiger partial charge in [0, 0.05) is 29.1 Å². The molecule has 5 nitrogen and oxygen atoms in total. The Bertz CT molecular complexity index is 1440. The molecule has 0 spiro atoms. The number of alkyl halides is 3. The molecule has 1 aromatic carbocycles. The van der Waals surface area contributed by atoms with Crippen LogP contribution < -0.4 is 0 Å². The van der Waals surface area contributed by atoms with Crippen molar-refractivity contribution in [3.8, 4) is 11.3 Å². The normalized spacial score (nSPS) is 25.9. The van der Waals surface area contributed by atoms with Crippen LogP contribution in [0.2, 0.25) is 0 Å². The van der Waals surface area contributed by atoms with Gasteiger partial charge < -0.3 is 5.11 Å². The first-order chi connectivity index (χ1) is 17.7. The van der Waals surface area contributed by atoms with Crippen molar-refractivity contribution in [3.63, 3.8) is 0 Å². The second kappa shape index (κ2) is 8.62. The summed E-state index contributed by atoms with van der Waals surface area (Å²) in [5.41, 5.74) is 1.61. The maximum Gasteiger partial charge on any atom is 0.417 e. The van der Waals surface area contributed by atoms with Gasteiger partial charge in [-0.05, 0) is 104 Å². The fourth-order valence-electron chi connectivity index (χ4n) is 6.47. The highest BCUT2D eigenvalue weighted by Crippen LogP contribution is 2.56. The molecule has 0 unspecified atom stereocenters. The number of aryl methyl sites for hydroxylation is 1. The number of rotatable bonds is 3. The van der Waals surface area contributed by atoms with Crippen LogP contribution in [0.5, 0.6) is 0 Å². The van der Waals surface area contributed by atoms with E-state index in [0.717, 1.165) is 27.9 Å². The lowest BCUT2D eigenvalue weighted by Gasteiger charge is -2.50. The van der Waals surface area contributed by atoms with Crippen molar-refractivity contribution in [3.05, 3.63) is 83.6 Å². The van der Waals surface area contributed by atoms with E-state index in [1.54, 1.807) is 22.8 Å². The molecule has 192 valence electrons. The highest BCUT2D eigenvalue weighted by atomic mass is 19.4. The summed E-state index contributed by atoms with van der Waals surface area (Å²) in [5, 5.41) is 19.4. The summed E-state index contributed by atoms with van der Waals surface area (Å²) >= 11 is 0. The monoisotopic (exact) mass is 510 g/mol. The molecule has 37 heavy (non-hydrogen) atoms. The van der Waals surface area contributed by atoms with E-state index in [0.29, 0.717) is 31.4 Å². The maximum atomic E-state index is 13.9. The first-order valence-corrected chi connectivity index (χ1v) is 12.5. The number of nitrogens with zero attached hydrogens (tertiary/aromatic N) is 4. The second-order valence-electron chi connectivity index (χ2n) is 10.5. The molecule has 0 bridgehead atoms. The van der Waals surface area contributed by atoms with Crippen LogP contribution in [0.3, 0.4) is 0 Å².